The Bertz CT molecular complexity index is 2200. The highest BCUT2D eigenvalue weighted by atomic mass is 35.5. The van der Waals surface area contributed by atoms with E-state index >= 15 is 4.39 Å². The van der Waals surface area contributed by atoms with Gasteiger partial charge in [-0.25, -0.2) is 14.2 Å². The monoisotopic (exact) mass is 715 g/mol. The van der Waals surface area contributed by atoms with Gasteiger partial charge in [-0.05, 0) is 98.0 Å². The molecule has 1 amide bonds. The Morgan fingerprint density at radius 3 is 2.44 bits per heavy atom. The molecule has 1 saturated carbocycles. The number of hydrogen-bond acceptors (Lipinski definition) is 6. The first-order valence-electron chi connectivity index (χ1n) is 16.4. The molecular weight excluding hydrogens is 680 g/mol. The Hall–Kier alpha value is -4.93. The number of carbonyl (C=O) groups excluding carboxylic acids is 1. The molecule has 2 N–H and O–H groups in total. The van der Waals surface area contributed by atoms with Crippen molar-refractivity contribution >= 4 is 40.9 Å². The van der Waals surface area contributed by atoms with Crippen LogP contribution in [0.5, 0.6) is 5.75 Å². The molecule has 0 aliphatic heterocycles. The average Bonchev–Trinajstić information content (AvgIpc) is 3.71. The molecule has 7 rings (SSSR count). The number of ether oxygens (including phenoxy) is 1. The van der Waals surface area contributed by atoms with Crippen LogP contribution in [0.15, 0.2) is 88.2 Å². The normalized spacial score (nSPS) is 13.4. The maximum Gasteiger partial charge on any atom is 0.439 e. The quantitative estimate of drug-likeness (QED) is 0.154. The number of aromatic amines is 1. The van der Waals surface area contributed by atoms with Crippen molar-refractivity contribution in [3.05, 3.63) is 111 Å². The number of nitrogens with zero attached hydrogens (tertiary/aromatic N) is 3. The Morgan fingerprint density at radius 1 is 1.00 bits per heavy atom. The number of aromatic nitrogens is 4. The summed E-state index contributed by atoms with van der Waals surface area (Å²) < 4.78 is 29.1. The minimum Gasteiger partial charge on any atom is -0.489 e. The summed E-state index contributed by atoms with van der Waals surface area (Å²) in [4.78, 5) is 31.9. The molecule has 4 aromatic carbocycles. The van der Waals surface area contributed by atoms with Crippen molar-refractivity contribution in [1.82, 2.24) is 25.0 Å². The number of imidazole rings is 1. The number of carbonyl (C=O) groups is 1. The van der Waals surface area contributed by atoms with Gasteiger partial charge in [-0.1, -0.05) is 54.2 Å². The second-order valence-corrected chi connectivity index (χ2v) is 13.1. The molecule has 0 unspecified atom stereocenters. The molecule has 0 radical (unpaired) electrons. The number of amides is 1. The number of halogens is 3. The molecule has 1 fully saturated rings. The van der Waals surface area contributed by atoms with E-state index < -0.39 is 11.6 Å². The van der Waals surface area contributed by atoms with E-state index in [0.29, 0.717) is 44.6 Å². The highest BCUT2D eigenvalue weighted by Gasteiger charge is 2.25. The maximum atomic E-state index is 16.1. The predicted octanol–water partition coefficient (Wildman–Crippen LogP) is 9.15. The lowest BCUT2D eigenvalue weighted by Crippen LogP contribution is -2.30. The third kappa shape index (κ3) is 7.32. The van der Waals surface area contributed by atoms with Crippen molar-refractivity contribution in [3.8, 4) is 39.7 Å². The highest BCUT2D eigenvalue weighted by Crippen LogP contribution is 2.38. The van der Waals surface area contributed by atoms with Crippen LogP contribution in [0.2, 0.25) is 5.02 Å². The van der Waals surface area contributed by atoms with Crippen LogP contribution in [-0.2, 0) is 6.61 Å². The third-order valence-corrected chi connectivity index (χ3v) is 9.11. The molecule has 0 saturated heterocycles. The van der Waals surface area contributed by atoms with Crippen molar-refractivity contribution in [3.63, 3.8) is 0 Å². The van der Waals surface area contributed by atoms with Gasteiger partial charge >= 0.3 is 5.76 Å². The van der Waals surface area contributed by atoms with E-state index in [9.17, 15) is 9.59 Å². The van der Waals surface area contributed by atoms with Crippen molar-refractivity contribution in [1.29, 1.82) is 0 Å². The number of nitrogens with one attached hydrogen (secondary N) is 2. The summed E-state index contributed by atoms with van der Waals surface area (Å²) in [6.45, 7) is 3.92. The molecule has 2 heterocycles. The van der Waals surface area contributed by atoms with E-state index in [1.54, 1.807) is 18.2 Å². The molecule has 1 aliphatic rings. The molecular formula is C38H36Cl2FN5O4. The Kier molecular flexibility index (Phi) is 10.4. The van der Waals surface area contributed by atoms with Crippen LogP contribution in [0.3, 0.4) is 0 Å². The van der Waals surface area contributed by atoms with E-state index in [1.807, 2.05) is 68.4 Å². The topological polar surface area (TPSA) is 115 Å². The van der Waals surface area contributed by atoms with Gasteiger partial charge in [0, 0.05) is 34.3 Å². The minimum atomic E-state index is -0.640. The average molecular weight is 717 g/mol. The first kappa shape index (κ1) is 34.9. The van der Waals surface area contributed by atoms with E-state index in [4.69, 9.17) is 25.8 Å². The summed E-state index contributed by atoms with van der Waals surface area (Å²) >= 11 is 6.14. The van der Waals surface area contributed by atoms with Crippen LogP contribution >= 0.6 is 24.0 Å². The Morgan fingerprint density at radius 2 is 1.74 bits per heavy atom. The highest BCUT2D eigenvalue weighted by molar-refractivity contribution is 6.30. The maximum absolute atomic E-state index is 16.1. The minimum absolute atomic E-state index is 0. The fourth-order valence-electron chi connectivity index (χ4n) is 6.54. The molecule has 2 aromatic heterocycles. The van der Waals surface area contributed by atoms with E-state index in [2.05, 4.69) is 20.0 Å². The van der Waals surface area contributed by atoms with Crippen molar-refractivity contribution in [2.75, 3.05) is 0 Å². The zero-order chi connectivity index (χ0) is 34.1. The molecule has 50 heavy (non-hydrogen) atoms. The van der Waals surface area contributed by atoms with Crippen LogP contribution < -0.4 is 15.8 Å². The Balaban J connectivity index is 0.00000432. The number of rotatable bonds is 9. The van der Waals surface area contributed by atoms with Crippen molar-refractivity contribution in [2.24, 2.45) is 0 Å². The summed E-state index contributed by atoms with van der Waals surface area (Å²) in [5.41, 5.74) is 5.62. The van der Waals surface area contributed by atoms with Gasteiger partial charge in [-0.2, -0.15) is 0 Å². The van der Waals surface area contributed by atoms with Gasteiger partial charge in [-0.3, -0.25) is 14.3 Å². The fraction of sp³-hybridized carbons (Fsp3) is 0.263. The zero-order valence-electron chi connectivity index (χ0n) is 27.5. The van der Waals surface area contributed by atoms with Gasteiger partial charge in [0.05, 0.1) is 16.6 Å². The zero-order valence-corrected chi connectivity index (χ0v) is 29.1. The fourth-order valence-corrected chi connectivity index (χ4v) is 6.66. The van der Waals surface area contributed by atoms with Gasteiger partial charge in [0.15, 0.2) is 5.82 Å². The number of benzene rings is 4. The van der Waals surface area contributed by atoms with Crippen LogP contribution in [0.25, 0.3) is 44.9 Å². The standard InChI is InChI=1S/C38H35ClFN5O4.ClH/c1-22(2)41-37(46)25-10-15-30(23-8-12-27(39)13-9-23)26(18-25)21-48-29-14-16-31(32(40)20-29)36-42-33-19-24(35-43-38(47)49-44-35)11-17-34(33)45(36)28-6-4-3-5-7-28;/h8-20,22,28H,3-7,21H2,1-2H3,(H,41,46)(H,43,44,47);1H. The summed E-state index contributed by atoms with van der Waals surface area (Å²) in [7, 11) is 0. The lowest BCUT2D eigenvalue weighted by Gasteiger charge is -2.25. The summed E-state index contributed by atoms with van der Waals surface area (Å²) in [6.07, 6.45) is 5.31. The van der Waals surface area contributed by atoms with E-state index in [0.717, 1.165) is 47.9 Å². The van der Waals surface area contributed by atoms with Crippen LogP contribution in [0.4, 0.5) is 4.39 Å². The number of hydrogen-bond donors (Lipinski definition) is 2. The first-order valence-corrected chi connectivity index (χ1v) is 16.8. The molecule has 9 nitrogen and oxygen atoms in total. The van der Waals surface area contributed by atoms with Gasteiger partial charge in [0.2, 0.25) is 0 Å². The molecule has 0 bridgehead atoms. The molecule has 1 aliphatic carbocycles. The van der Waals surface area contributed by atoms with Crippen molar-refractivity contribution < 1.29 is 18.4 Å². The SMILES string of the molecule is CC(C)NC(=O)c1ccc(-c2ccc(Cl)cc2)c(COc2ccc(-c3nc4cc(-c5noc(=O)[nH]5)ccc4n3C3CCCCC3)c(F)c2)c1.Cl. The van der Waals surface area contributed by atoms with Gasteiger partial charge in [0.1, 0.15) is 24.0 Å². The van der Waals surface area contributed by atoms with Crippen molar-refractivity contribution in [2.45, 2.75) is 64.6 Å². The third-order valence-electron chi connectivity index (χ3n) is 8.86. The lowest BCUT2D eigenvalue weighted by atomic mass is 9.94. The van der Waals surface area contributed by atoms with Crippen LogP contribution in [-0.4, -0.2) is 31.6 Å². The Labute approximate surface area is 299 Å². The predicted molar refractivity (Wildman–Crippen MR) is 194 cm³/mol. The summed E-state index contributed by atoms with van der Waals surface area (Å²) in [6, 6.07) is 23.5. The lowest BCUT2D eigenvalue weighted by molar-refractivity contribution is 0.0943. The number of fused-ring (bicyclic) bond motifs is 1. The number of H-pyrrole nitrogens is 1. The van der Waals surface area contributed by atoms with Gasteiger partial charge < -0.3 is 14.6 Å². The van der Waals surface area contributed by atoms with Gasteiger partial charge in [-0.15, -0.1) is 12.4 Å². The molecule has 0 spiro atoms. The summed E-state index contributed by atoms with van der Waals surface area (Å²) in [5, 5.41) is 7.36. The van der Waals surface area contributed by atoms with E-state index in [-0.39, 0.29) is 37.0 Å². The van der Waals surface area contributed by atoms with Gasteiger partial charge in [0.25, 0.3) is 5.91 Å². The molecule has 6 aromatic rings. The van der Waals surface area contributed by atoms with E-state index in [1.165, 1.54) is 12.5 Å². The largest absolute Gasteiger partial charge is 0.489 e. The summed E-state index contributed by atoms with van der Waals surface area (Å²) in [5.74, 6) is -0.105. The van der Waals surface area contributed by atoms with Crippen LogP contribution in [0.1, 0.15) is 67.9 Å². The first-order chi connectivity index (χ1) is 23.7. The smallest absolute Gasteiger partial charge is 0.439 e. The van der Waals surface area contributed by atoms with Crippen LogP contribution in [0, 0.1) is 5.82 Å². The molecule has 258 valence electrons. The second kappa shape index (κ2) is 14.9. The second-order valence-electron chi connectivity index (χ2n) is 12.7. The molecule has 0 atom stereocenters. The molecule has 12 heteroatoms.